The van der Waals surface area contributed by atoms with Crippen molar-refractivity contribution in [2.24, 2.45) is 11.5 Å². The standard InChI is InChI=1S/C6H10N4O3.C4H9N.C2H5NO/c7-4(2-11)6-9-5(13-10-6)1-8-3-12;1-2-4-5-3-1;1-2(3)4/h3-4,11H,1-2,7H2,(H,8,12);5H,1-4H2;1H3,(H2,3,4). The molecule has 0 aromatic carbocycles. The fourth-order valence-corrected chi connectivity index (χ4v) is 1.33. The lowest BCUT2D eigenvalue weighted by Gasteiger charge is -1.98. The van der Waals surface area contributed by atoms with Crippen molar-refractivity contribution in [2.45, 2.75) is 32.4 Å². The van der Waals surface area contributed by atoms with Crippen LogP contribution in [-0.2, 0) is 16.1 Å². The Morgan fingerprint density at radius 3 is 2.55 bits per heavy atom. The van der Waals surface area contributed by atoms with Gasteiger partial charge >= 0.3 is 0 Å². The van der Waals surface area contributed by atoms with E-state index in [1.165, 1.54) is 32.9 Å². The van der Waals surface area contributed by atoms with Crippen molar-refractivity contribution in [1.29, 1.82) is 0 Å². The quantitative estimate of drug-likeness (QED) is 0.395. The van der Waals surface area contributed by atoms with Crippen LogP contribution in [0.3, 0.4) is 0 Å². The van der Waals surface area contributed by atoms with E-state index in [4.69, 9.17) is 15.4 Å². The number of nitrogens with two attached hydrogens (primary N) is 2. The van der Waals surface area contributed by atoms with Gasteiger partial charge in [0, 0.05) is 6.92 Å². The predicted octanol–water partition coefficient (Wildman–Crippen LogP) is -1.83. The van der Waals surface area contributed by atoms with E-state index >= 15 is 0 Å². The van der Waals surface area contributed by atoms with E-state index in [2.05, 4.69) is 26.5 Å². The average Bonchev–Trinajstić information content (AvgIpc) is 3.17. The molecule has 1 saturated heterocycles. The van der Waals surface area contributed by atoms with Gasteiger partial charge in [-0.15, -0.1) is 0 Å². The molecule has 0 radical (unpaired) electrons. The van der Waals surface area contributed by atoms with Crippen LogP contribution in [0.5, 0.6) is 0 Å². The number of nitrogens with zero attached hydrogens (tertiary/aromatic N) is 2. The first-order valence-corrected chi connectivity index (χ1v) is 6.84. The van der Waals surface area contributed by atoms with E-state index < -0.39 is 6.04 Å². The molecule has 1 aromatic rings. The zero-order valence-electron chi connectivity index (χ0n) is 12.6. The third kappa shape index (κ3) is 10.7. The second kappa shape index (κ2) is 12.7. The normalized spacial score (nSPS) is 14.0. The predicted molar refractivity (Wildman–Crippen MR) is 78.2 cm³/mol. The molecule has 2 heterocycles. The van der Waals surface area contributed by atoms with Crippen molar-refractivity contribution in [2.75, 3.05) is 19.7 Å². The third-order valence-corrected chi connectivity index (χ3v) is 2.31. The highest BCUT2D eigenvalue weighted by atomic mass is 16.5. The molecule has 0 bridgehead atoms. The van der Waals surface area contributed by atoms with Gasteiger partial charge in [0.1, 0.15) is 0 Å². The molecule has 0 spiro atoms. The number of aromatic nitrogens is 2. The maximum atomic E-state index is 9.91. The zero-order valence-corrected chi connectivity index (χ0v) is 12.6. The fourth-order valence-electron chi connectivity index (χ4n) is 1.33. The first-order valence-electron chi connectivity index (χ1n) is 6.84. The lowest BCUT2D eigenvalue weighted by atomic mass is 10.3. The number of rotatable bonds is 5. The summed E-state index contributed by atoms with van der Waals surface area (Å²) in [5, 5.41) is 17.7. The smallest absolute Gasteiger partial charge is 0.246 e. The molecule has 1 aromatic heterocycles. The second-order valence-corrected chi connectivity index (χ2v) is 4.40. The Bertz CT molecular complexity index is 410. The van der Waals surface area contributed by atoms with Crippen molar-refractivity contribution in [3.63, 3.8) is 0 Å². The molecule has 1 unspecified atom stereocenters. The number of amides is 2. The van der Waals surface area contributed by atoms with Crippen LogP contribution in [0.2, 0.25) is 0 Å². The van der Waals surface area contributed by atoms with Crippen molar-refractivity contribution in [3.05, 3.63) is 11.7 Å². The molecule has 1 aliphatic rings. The molecule has 1 fully saturated rings. The highest BCUT2D eigenvalue weighted by Gasteiger charge is 2.12. The number of primary amides is 1. The van der Waals surface area contributed by atoms with E-state index in [0.717, 1.165) is 0 Å². The van der Waals surface area contributed by atoms with E-state index in [1.807, 2.05) is 0 Å². The first-order chi connectivity index (χ1) is 10.5. The monoisotopic (exact) mass is 316 g/mol. The number of aliphatic hydroxyl groups is 1. The summed E-state index contributed by atoms with van der Waals surface area (Å²) in [5.41, 5.74) is 9.88. The molecular weight excluding hydrogens is 292 g/mol. The van der Waals surface area contributed by atoms with Crippen LogP contribution in [0, 0.1) is 0 Å². The van der Waals surface area contributed by atoms with Crippen molar-refractivity contribution < 1.29 is 19.2 Å². The van der Waals surface area contributed by atoms with Gasteiger partial charge in [-0.05, 0) is 25.9 Å². The first kappa shape index (κ1) is 20.0. The van der Waals surface area contributed by atoms with Gasteiger partial charge in [0.15, 0.2) is 5.82 Å². The molecule has 2 amide bonds. The maximum absolute atomic E-state index is 9.91. The van der Waals surface area contributed by atoms with Crippen LogP contribution in [0.25, 0.3) is 0 Å². The zero-order chi connectivity index (χ0) is 16.8. The number of carbonyl (C=O) groups is 2. The highest BCUT2D eigenvalue weighted by molar-refractivity contribution is 5.70. The molecule has 10 nitrogen and oxygen atoms in total. The summed E-state index contributed by atoms with van der Waals surface area (Å²) < 4.78 is 4.72. The van der Waals surface area contributed by atoms with Gasteiger partial charge in [-0.2, -0.15) is 4.98 Å². The summed E-state index contributed by atoms with van der Waals surface area (Å²) in [7, 11) is 0. The van der Waals surface area contributed by atoms with Gasteiger partial charge in [-0.3, -0.25) is 9.59 Å². The van der Waals surface area contributed by atoms with Gasteiger partial charge in [0.2, 0.25) is 18.2 Å². The number of carbonyl (C=O) groups excluding carboxylic acids is 2. The number of hydrogen-bond acceptors (Lipinski definition) is 8. The molecule has 2 rings (SSSR count). The van der Waals surface area contributed by atoms with Crippen LogP contribution in [0.4, 0.5) is 0 Å². The van der Waals surface area contributed by atoms with Crippen LogP contribution in [-0.4, -0.2) is 47.3 Å². The van der Waals surface area contributed by atoms with E-state index in [-0.39, 0.29) is 30.8 Å². The molecule has 1 aliphatic heterocycles. The lowest BCUT2D eigenvalue weighted by molar-refractivity contribution is -0.116. The van der Waals surface area contributed by atoms with Gasteiger partial charge in [0.05, 0.1) is 19.2 Å². The summed E-state index contributed by atoms with van der Waals surface area (Å²) >= 11 is 0. The third-order valence-electron chi connectivity index (χ3n) is 2.31. The van der Waals surface area contributed by atoms with Gasteiger partial charge in [0.25, 0.3) is 0 Å². The fraction of sp³-hybridized carbons (Fsp3) is 0.667. The highest BCUT2D eigenvalue weighted by Crippen LogP contribution is 2.04. The van der Waals surface area contributed by atoms with Gasteiger partial charge < -0.3 is 31.7 Å². The van der Waals surface area contributed by atoms with E-state index in [0.29, 0.717) is 6.41 Å². The Balaban J connectivity index is 0.000000400. The SMILES string of the molecule is C1CCNC1.CC(N)=O.NC(CO)c1noc(CNC=O)n1. The van der Waals surface area contributed by atoms with Gasteiger partial charge in [-0.1, -0.05) is 5.16 Å². The molecule has 126 valence electrons. The van der Waals surface area contributed by atoms with Crippen LogP contribution < -0.4 is 22.1 Å². The Labute approximate surface area is 128 Å². The molecule has 0 saturated carbocycles. The van der Waals surface area contributed by atoms with Crippen molar-refractivity contribution >= 4 is 12.3 Å². The minimum absolute atomic E-state index is 0.161. The number of hydrogen-bond donors (Lipinski definition) is 5. The van der Waals surface area contributed by atoms with Crippen molar-refractivity contribution in [3.8, 4) is 0 Å². The molecule has 0 aliphatic carbocycles. The molecule has 22 heavy (non-hydrogen) atoms. The summed E-state index contributed by atoms with van der Waals surface area (Å²) in [4.78, 5) is 23.0. The number of aliphatic hydroxyl groups excluding tert-OH is 1. The number of nitrogens with one attached hydrogen (secondary N) is 2. The minimum atomic E-state index is -0.645. The molecule has 7 N–H and O–H groups in total. The Kier molecular flexibility index (Phi) is 11.5. The largest absolute Gasteiger partial charge is 0.394 e. The van der Waals surface area contributed by atoms with Crippen LogP contribution in [0.1, 0.15) is 37.5 Å². The molecule has 10 heteroatoms. The van der Waals surface area contributed by atoms with Crippen LogP contribution >= 0.6 is 0 Å². The Morgan fingerprint density at radius 2 is 2.14 bits per heavy atom. The average molecular weight is 316 g/mol. The maximum Gasteiger partial charge on any atom is 0.246 e. The Morgan fingerprint density at radius 1 is 1.55 bits per heavy atom. The topological polar surface area (TPSA) is 169 Å². The van der Waals surface area contributed by atoms with E-state index in [1.54, 1.807) is 0 Å². The van der Waals surface area contributed by atoms with Crippen LogP contribution in [0.15, 0.2) is 4.52 Å². The van der Waals surface area contributed by atoms with Crippen molar-refractivity contribution in [1.82, 2.24) is 20.8 Å². The van der Waals surface area contributed by atoms with Gasteiger partial charge in [-0.25, -0.2) is 0 Å². The molecule has 1 atom stereocenters. The minimum Gasteiger partial charge on any atom is -0.394 e. The van der Waals surface area contributed by atoms with E-state index in [9.17, 15) is 9.59 Å². The summed E-state index contributed by atoms with van der Waals surface area (Å²) in [6, 6.07) is -0.645. The lowest BCUT2D eigenvalue weighted by Crippen LogP contribution is -2.16. The second-order valence-electron chi connectivity index (χ2n) is 4.40. The molecular formula is C12H24N6O4. The Hall–Kier alpha value is -2.04. The summed E-state index contributed by atoms with van der Waals surface area (Å²) in [5.74, 6) is 0.149. The summed E-state index contributed by atoms with van der Waals surface area (Å²) in [6.07, 6.45) is 3.30. The summed E-state index contributed by atoms with van der Waals surface area (Å²) in [6.45, 7) is 3.72.